The first-order chi connectivity index (χ1) is 13.7. The monoisotopic (exact) mass is 472 g/mol. The van der Waals surface area contributed by atoms with Gasteiger partial charge in [0, 0.05) is 10.8 Å². The van der Waals surface area contributed by atoms with Crippen LogP contribution in [0.2, 0.25) is 0 Å². The van der Waals surface area contributed by atoms with Crippen molar-refractivity contribution in [1.29, 1.82) is 0 Å². The van der Waals surface area contributed by atoms with Gasteiger partial charge in [-0.1, -0.05) is 18.2 Å². The van der Waals surface area contributed by atoms with Gasteiger partial charge in [-0.3, -0.25) is 9.52 Å². The predicted octanol–water partition coefficient (Wildman–Crippen LogP) is 2.94. The van der Waals surface area contributed by atoms with E-state index in [9.17, 15) is 21.6 Å². The Labute approximate surface area is 176 Å². The molecule has 154 valence electrons. The van der Waals surface area contributed by atoms with Crippen molar-refractivity contribution in [2.45, 2.75) is 27.3 Å². The van der Waals surface area contributed by atoms with Crippen LogP contribution in [0.5, 0.6) is 0 Å². The van der Waals surface area contributed by atoms with Crippen LogP contribution in [0, 0.1) is 0 Å². The van der Waals surface area contributed by atoms with Gasteiger partial charge in [0.2, 0.25) is 9.84 Å². The van der Waals surface area contributed by atoms with E-state index in [0.29, 0.717) is 5.69 Å². The Balaban J connectivity index is 1.78. The number of benzene rings is 1. The van der Waals surface area contributed by atoms with E-state index < -0.39 is 25.8 Å². The number of thiazole rings is 1. The number of sulfone groups is 1. The van der Waals surface area contributed by atoms with Gasteiger partial charge in [0.15, 0.2) is 5.13 Å². The molecule has 0 aliphatic carbocycles. The van der Waals surface area contributed by atoms with Crippen LogP contribution >= 0.6 is 22.7 Å². The molecule has 2 aromatic heterocycles. The number of ether oxygens (including phenoxy) is 1. The van der Waals surface area contributed by atoms with Gasteiger partial charge in [0.25, 0.3) is 10.0 Å². The Kier molecular flexibility index (Phi) is 6.36. The highest BCUT2D eigenvalue weighted by Crippen LogP contribution is 2.30. The minimum atomic E-state index is -4.02. The largest absolute Gasteiger partial charge is 0.466 e. The van der Waals surface area contributed by atoms with Crippen LogP contribution in [0.4, 0.5) is 5.13 Å². The summed E-state index contributed by atoms with van der Waals surface area (Å²) in [6.07, 6.45) is -0.0649. The molecule has 0 unspecified atom stereocenters. The summed E-state index contributed by atoms with van der Waals surface area (Å²) >= 11 is 1.81. The van der Waals surface area contributed by atoms with Crippen LogP contribution in [0.25, 0.3) is 0 Å². The molecular formula is C17H16N2O6S4. The van der Waals surface area contributed by atoms with Gasteiger partial charge in [-0.2, -0.15) is 0 Å². The number of esters is 1. The van der Waals surface area contributed by atoms with Crippen LogP contribution in [-0.4, -0.2) is 34.4 Å². The summed E-state index contributed by atoms with van der Waals surface area (Å²) in [5.74, 6) is -0.457. The fourth-order valence-corrected chi connectivity index (χ4v) is 7.14. The van der Waals surface area contributed by atoms with Crippen molar-refractivity contribution < 1.29 is 26.4 Å². The highest BCUT2D eigenvalue weighted by Gasteiger charge is 2.24. The molecule has 0 bridgehead atoms. The number of nitrogens with zero attached hydrogens (tertiary/aromatic N) is 1. The molecule has 0 aliphatic rings. The van der Waals surface area contributed by atoms with E-state index in [1.807, 2.05) is 0 Å². The topological polar surface area (TPSA) is 119 Å². The number of anilines is 1. The molecule has 1 aromatic carbocycles. The standard InChI is InChI=1S/C17H16N2O6S4/c1-2-25-15(20)8-12-10-27-17(18-12)19-29(23,24)16-9-14(11-26-16)28(21,22)13-6-4-3-5-7-13/h3-7,9-11H,2,8H2,1H3,(H,18,19). The molecule has 1 N–H and O–H groups in total. The van der Waals surface area contributed by atoms with Crippen LogP contribution in [0.1, 0.15) is 12.6 Å². The minimum absolute atomic E-state index is 0.0649. The third-order valence-electron chi connectivity index (χ3n) is 3.58. The van der Waals surface area contributed by atoms with Gasteiger partial charge < -0.3 is 4.74 Å². The second-order valence-corrected chi connectivity index (χ2v) is 11.3. The third kappa shape index (κ3) is 5.01. The Morgan fingerprint density at radius 1 is 1.07 bits per heavy atom. The molecule has 8 nitrogen and oxygen atoms in total. The fraction of sp³-hybridized carbons (Fsp3) is 0.176. The van der Waals surface area contributed by atoms with E-state index in [0.717, 1.165) is 28.7 Å². The number of thiophene rings is 1. The number of aromatic nitrogens is 1. The van der Waals surface area contributed by atoms with Crippen LogP contribution in [-0.2, 0) is 35.8 Å². The highest BCUT2D eigenvalue weighted by atomic mass is 32.2. The minimum Gasteiger partial charge on any atom is -0.466 e. The lowest BCUT2D eigenvalue weighted by Crippen LogP contribution is -2.12. The Hall–Kier alpha value is -2.28. The summed E-state index contributed by atoms with van der Waals surface area (Å²) < 4.78 is 57.4. The van der Waals surface area contributed by atoms with Crippen molar-refractivity contribution in [3.8, 4) is 0 Å². The maximum absolute atomic E-state index is 12.6. The van der Waals surface area contributed by atoms with E-state index in [4.69, 9.17) is 4.74 Å². The molecule has 3 rings (SSSR count). The molecule has 0 spiro atoms. The number of rotatable bonds is 8. The molecule has 0 amide bonds. The molecule has 0 radical (unpaired) electrons. The number of hydrogen-bond acceptors (Lipinski definition) is 9. The molecule has 0 saturated carbocycles. The van der Waals surface area contributed by atoms with Crippen LogP contribution < -0.4 is 4.72 Å². The summed E-state index contributed by atoms with van der Waals surface area (Å²) in [6.45, 7) is 1.93. The number of carbonyl (C=O) groups is 1. The average Bonchev–Trinajstić information content (AvgIpc) is 3.33. The number of carbonyl (C=O) groups excluding carboxylic acids is 1. The average molecular weight is 473 g/mol. The summed E-state index contributed by atoms with van der Waals surface area (Å²) in [5.41, 5.74) is 0.379. The lowest BCUT2D eigenvalue weighted by atomic mass is 10.3. The second-order valence-electron chi connectivity index (χ2n) is 5.65. The molecular weight excluding hydrogens is 456 g/mol. The number of hydrogen-bond donors (Lipinski definition) is 1. The van der Waals surface area contributed by atoms with Crippen molar-refractivity contribution >= 4 is 53.6 Å². The van der Waals surface area contributed by atoms with Crippen molar-refractivity contribution in [2.75, 3.05) is 11.3 Å². The molecule has 0 aliphatic heterocycles. The highest BCUT2D eigenvalue weighted by molar-refractivity contribution is 7.95. The summed E-state index contributed by atoms with van der Waals surface area (Å²) in [5, 5.41) is 2.91. The van der Waals surface area contributed by atoms with Crippen molar-refractivity contribution in [1.82, 2.24) is 4.98 Å². The zero-order valence-electron chi connectivity index (χ0n) is 15.1. The molecule has 3 aromatic rings. The molecule has 2 heterocycles. The maximum atomic E-state index is 12.6. The molecule has 0 saturated heterocycles. The summed E-state index contributed by atoms with van der Waals surface area (Å²) in [7, 11) is -7.84. The van der Waals surface area contributed by atoms with E-state index in [1.165, 1.54) is 17.5 Å². The van der Waals surface area contributed by atoms with Gasteiger partial charge >= 0.3 is 5.97 Å². The summed E-state index contributed by atoms with van der Waals surface area (Å²) in [6, 6.07) is 8.88. The normalized spacial score (nSPS) is 11.9. The van der Waals surface area contributed by atoms with Gasteiger partial charge in [-0.25, -0.2) is 21.8 Å². The van der Waals surface area contributed by atoms with Gasteiger partial charge in [-0.15, -0.1) is 22.7 Å². The molecule has 0 fully saturated rings. The Bertz CT molecular complexity index is 1210. The lowest BCUT2D eigenvalue weighted by molar-refractivity contribution is -0.142. The van der Waals surface area contributed by atoms with Gasteiger partial charge in [0.05, 0.1) is 28.5 Å². The zero-order valence-corrected chi connectivity index (χ0v) is 18.3. The number of nitrogens with one attached hydrogen (secondary N) is 1. The predicted molar refractivity (Wildman–Crippen MR) is 109 cm³/mol. The Morgan fingerprint density at radius 2 is 1.79 bits per heavy atom. The van der Waals surface area contributed by atoms with Crippen LogP contribution in [0.15, 0.2) is 61.2 Å². The van der Waals surface area contributed by atoms with Crippen molar-refractivity contribution in [3.63, 3.8) is 0 Å². The van der Waals surface area contributed by atoms with E-state index in [1.54, 1.807) is 30.5 Å². The molecule has 12 heteroatoms. The number of sulfonamides is 1. The maximum Gasteiger partial charge on any atom is 0.311 e. The van der Waals surface area contributed by atoms with Crippen LogP contribution in [0.3, 0.4) is 0 Å². The van der Waals surface area contributed by atoms with Crippen molar-refractivity contribution in [3.05, 3.63) is 52.9 Å². The van der Waals surface area contributed by atoms with E-state index in [2.05, 4.69) is 9.71 Å². The first kappa shape index (κ1) is 21.4. The first-order valence-electron chi connectivity index (χ1n) is 8.24. The van der Waals surface area contributed by atoms with E-state index >= 15 is 0 Å². The fourth-order valence-electron chi connectivity index (χ4n) is 2.28. The second kappa shape index (κ2) is 8.61. The van der Waals surface area contributed by atoms with Gasteiger partial charge in [-0.05, 0) is 25.1 Å². The SMILES string of the molecule is CCOC(=O)Cc1csc(NS(=O)(=O)c2cc(S(=O)(=O)c3ccccc3)cs2)n1. The molecule has 0 atom stereocenters. The Morgan fingerprint density at radius 3 is 2.48 bits per heavy atom. The van der Waals surface area contributed by atoms with Crippen molar-refractivity contribution in [2.24, 2.45) is 0 Å². The first-order valence-corrected chi connectivity index (χ1v) is 13.0. The summed E-state index contributed by atoms with van der Waals surface area (Å²) in [4.78, 5) is 15.5. The lowest BCUT2D eigenvalue weighted by Gasteiger charge is -2.03. The third-order valence-corrected chi connectivity index (χ3v) is 9.20. The van der Waals surface area contributed by atoms with E-state index in [-0.39, 0.29) is 32.2 Å². The zero-order chi connectivity index (χ0) is 21.1. The smallest absolute Gasteiger partial charge is 0.311 e. The molecule has 29 heavy (non-hydrogen) atoms. The quantitative estimate of drug-likeness (QED) is 0.501. The van der Waals surface area contributed by atoms with Gasteiger partial charge in [0.1, 0.15) is 4.21 Å².